The summed E-state index contributed by atoms with van der Waals surface area (Å²) < 4.78 is 0. The van der Waals surface area contributed by atoms with Gasteiger partial charge in [0.2, 0.25) is 0 Å². The molecule has 0 aromatic rings. The van der Waals surface area contributed by atoms with Crippen LogP contribution < -0.4 is 5.73 Å². The molecule has 0 spiro atoms. The first-order valence-electron chi connectivity index (χ1n) is 7.97. The zero-order valence-corrected chi connectivity index (χ0v) is 14.7. The lowest BCUT2D eigenvalue weighted by Gasteiger charge is -2.30. The number of hydrogen-bond donors (Lipinski definition) is 1. The van der Waals surface area contributed by atoms with Crippen molar-refractivity contribution < 1.29 is 0 Å². The van der Waals surface area contributed by atoms with E-state index in [4.69, 9.17) is 5.73 Å². The highest BCUT2D eigenvalue weighted by Crippen LogP contribution is 2.25. The van der Waals surface area contributed by atoms with E-state index < -0.39 is 0 Å². The van der Waals surface area contributed by atoms with E-state index in [1.807, 2.05) is 0 Å². The molecule has 0 saturated heterocycles. The molecule has 0 saturated carbocycles. The van der Waals surface area contributed by atoms with Crippen LogP contribution in [-0.2, 0) is 0 Å². The highest BCUT2D eigenvalue weighted by atomic mass is 79.9. The Kier molecular flexibility index (Phi) is 16.0. The van der Waals surface area contributed by atoms with Crippen LogP contribution >= 0.6 is 17.0 Å². The van der Waals surface area contributed by atoms with Crippen molar-refractivity contribution in [3.63, 3.8) is 0 Å². The summed E-state index contributed by atoms with van der Waals surface area (Å²) in [7, 11) is 0. The average Bonchev–Trinajstić information content (AvgIpc) is 2.30. The van der Waals surface area contributed by atoms with Crippen LogP contribution in [0.1, 0.15) is 97.8 Å². The van der Waals surface area contributed by atoms with Crippen LogP contribution in [0.15, 0.2) is 0 Å². The molecule has 0 rings (SSSR count). The number of nitrogens with two attached hydrogens (primary N) is 1. The summed E-state index contributed by atoms with van der Waals surface area (Å²) in [5, 5.41) is 0. The smallest absolute Gasteiger partial charge is 0.0154 e. The van der Waals surface area contributed by atoms with Crippen LogP contribution in [0.3, 0.4) is 0 Å². The van der Waals surface area contributed by atoms with E-state index >= 15 is 0 Å². The van der Waals surface area contributed by atoms with Crippen LogP contribution in [0, 0.1) is 0 Å². The van der Waals surface area contributed by atoms with Gasteiger partial charge >= 0.3 is 0 Å². The summed E-state index contributed by atoms with van der Waals surface area (Å²) in [6.45, 7) is 6.81. The van der Waals surface area contributed by atoms with Crippen molar-refractivity contribution in [3.8, 4) is 0 Å². The number of unbranched alkanes of at least 4 members (excludes halogenated alkanes) is 6. The fourth-order valence-electron chi connectivity index (χ4n) is 2.56. The molecule has 0 aliphatic rings. The quantitative estimate of drug-likeness (QED) is 0.438. The van der Waals surface area contributed by atoms with Crippen LogP contribution in [0.25, 0.3) is 0 Å². The molecule has 0 aromatic heterocycles. The minimum absolute atomic E-state index is 0. The Morgan fingerprint density at radius 1 is 0.611 bits per heavy atom. The maximum atomic E-state index is 6.62. The maximum Gasteiger partial charge on any atom is 0.0154 e. The molecule has 0 amide bonds. The monoisotopic (exact) mass is 321 g/mol. The molecular formula is C16H36BrN. The molecule has 0 heterocycles. The molecule has 2 N–H and O–H groups in total. The van der Waals surface area contributed by atoms with Gasteiger partial charge in [-0.15, -0.1) is 17.0 Å². The summed E-state index contributed by atoms with van der Waals surface area (Å²) in [4.78, 5) is 0. The van der Waals surface area contributed by atoms with Crippen molar-refractivity contribution in [1.29, 1.82) is 0 Å². The third-order valence-electron chi connectivity index (χ3n) is 3.83. The van der Waals surface area contributed by atoms with Gasteiger partial charge in [0.1, 0.15) is 0 Å². The van der Waals surface area contributed by atoms with E-state index in [0.29, 0.717) is 0 Å². The second kappa shape index (κ2) is 13.9. The standard InChI is InChI=1S/C16H35N.BrH/c1-4-7-10-13-16(17,14-11-8-5-2)15-12-9-6-3;/h4-15,17H2,1-3H3;1H. The summed E-state index contributed by atoms with van der Waals surface area (Å²) in [6, 6.07) is 0. The number of hydrogen-bond acceptors (Lipinski definition) is 1. The van der Waals surface area contributed by atoms with Gasteiger partial charge in [-0.1, -0.05) is 78.6 Å². The van der Waals surface area contributed by atoms with Crippen molar-refractivity contribution in [2.45, 2.75) is 103 Å². The van der Waals surface area contributed by atoms with E-state index in [-0.39, 0.29) is 22.5 Å². The molecule has 112 valence electrons. The molecule has 0 fully saturated rings. The fourth-order valence-corrected chi connectivity index (χ4v) is 2.56. The first-order chi connectivity index (χ1) is 8.18. The van der Waals surface area contributed by atoms with Crippen LogP contribution in [0.5, 0.6) is 0 Å². The van der Waals surface area contributed by atoms with Crippen molar-refractivity contribution >= 4 is 17.0 Å². The van der Waals surface area contributed by atoms with Crippen molar-refractivity contribution in [1.82, 2.24) is 0 Å². The van der Waals surface area contributed by atoms with Crippen molar-refractivity contribution in [3.05, 3.63) is 0 Å². The maximum absolute atomic E-state index is 6.62. The van der Waals surface area contributed by atoms with Crippen LogP contribution in [0.2, 0.25) is 0 Å². The zero-order valence-electron chi connectivity index (χ0n) is 13.0. The van der Waals surface area contributed by atoms with Crippen molar-refractivity contribution in [2.75, 3.05) is 0 Å². The Morgan fingerprint density at radius 2 is 0.889 bits per heavy atom. The summed E-state index contributed by atoms with van der Waals surface area (Å²) in [6.07, 6.45) is 15.7. The topological polar surface area (TPSA) is 26.0 Å². The summed E-state index contributed by atoms with van der Waals surface area (Å²) >= 11 is 0. The first-order valence-corrected chi connectivity index (χ1v) is 7.97. The van der Waals surface area contributed by atoms with Gasteiger partial charge in [-0.25, -0.2) is 0 Å². The largest absolute Gasteiger partial charge is 0.325 e. The lowest BCUT2D eigenvalue weighted by atomic mass is 9.83. The lowest BCUT2D eigenvalue weighted by Crippen LogP contribution is -2.39. The second-order valence-corrected chi connectivity index (χ2v) is 5.73. The number of halogens is 1. The molecule has 0 aliphatic heterocycles. The molecule has 0 bridgehead atoms. The van der Waals surface area contributed by atoms with E-state index in [9.17, 15) is 0 Å². The molecular weight excluding hydrogens is 286 g/mol. The Morgan fingerprint density at radius 3 is 1.11 bits per heavy atom. The summed E-state index contributed by atoms with van der Waals surface area (Å²) in [5.74, 6) is 0. The van der Waals surface area contributed by atoms with E-state index in [1.54, 1.807) is 0 Å². The van der Waals surface area contributed by atoms with Gasteiger partial charge in [0.25, 0.3) is 0 Å². The lowest BCUT2D eigenvalue weighted by molar-refractivity contribution is 0.306. The Balaban J connectivity index is 0. The SMILES string of the molecule is Br.CCCCCC(N)(CCCCC)CCCCC. The molecule has 1 nitrogen and oxygen atoms in total. The van der Waals surface area contributed by atoms with Gasteiger partial charge in [-0.05, 0) is 19.3 Å². The Bertz CT molecular complexity index is 133. The normalized spacial score (nSPS) is 11.3. The molecule has 0 atom stereocenters. The third-order valence-corrected chi connectivity index (χ3v) is 3.83. The number of rotatable bonds is 12. The first kappa shape index (κ1) is 20.8. The Labute approximate surface area is 126 Å². The highest BCUT2D eigenvalue weighted by Gasteiger charge is 2.22. The van der Waals surface area contributed by atoms with Gasteiger partial charge < -0.3 is 5.73 Å². The van der Waals surface area contributed by atoms with Gasteiger partial charge in [-0.2, -0.15) is 0 Å². The van der Waals surface area contributed by atoms with Gasteiger partial charge in [-0.3, -0.25) is 0 Å². The second-order valence-electron chi connectivity index (χ2n) is 5.73. The van der Waals surface area contributed by atoms with E-state index in [0.717, 1.165) is 0 Å². The average molecular weight is 322 g/mol. The van der Waals surface area contributed by atoms with E-state index in [2.05, 4.69) is 20.8 Å². The summed E-state index contributed by atoms with van der Waals surface area (Å²) in [5.41, 5.74) is 6.77. The van der Waals surface area contributed by atoms with E-state index in [1.165, 1.54) is 77.0 Å². The molecule has 2 heteroatoms. The molecule has 18 heavy (non-hydrogen) atoms. The predicted molar refractivity (Wildman–Crippen MR) is 89.7 cm³/mol. The predicted octanol–water partition coefficient (Wildman–Crippen LogP) is 6.00. The fraction of sp³-hybridized carbons (Fsp3) is 1.00. The third kappa shape index (κ3) is 11.5. The Hall–Kier alpha value is 0.440. The van der Waals surface area contributed by atoms with Crippen LogP contribution in [-0.4, -0.2) is 5.54 Å². The van der Waals surface area contributed by atoms with Gasteiger partial charge in [0.15, 0.2) is 0 Å². The molecule has 0 aromatic carbocycles. The minimum atomic E-state index is 0. The highest BCUT2D eigenvalue weighted by molar-refractivity contribution is 8.93. The molecule has 0 aliphatic carbocycles. The van der Waals surface area contributed by atoms with Crippen LogP contribution in [0.4, 0.5) is 0 Å². The van der Waals surface area contributed by atoms with Gasteiger partial charge in [0, 0.05) is 5.54 Å². The molecule has 0 unspecified atom stereocenters. The van der Waals surface area contributed by atoms with Crippen molar-refractivity contribution in [2.24, 2.45) is 5.73 Å². The zero-order chi connectivity index (χ0) is 13.0. The van der Waals surface area contributed by atoms with Gasteiger partial charge in [0.05, 0.1) is 0 Å². The minimum Gasteiger partial charge on any atom is -0.325 e. The molecule has 0 radical (unpaired) electrons.